The van der Waals surface area contributed by atoms with Crippen LogP contribution in [0.1, 0.15) is 125 Å². The Bertz CT molecular complexity index is 2850. The van der Waals surface area contributed by atoms with Gasteiger partial charge in [0.15, 0.2) is 17.9 Å². The zero-order chi connectivity index (χ0) is 51.3. The maximum absolute atomic E-state index is 14.0. The molecule has 4 N–H and O–H groups in total. The van der Waals surface area contributed by atoms with Crippen molar-refractivity contribution in [3.63, 3.8) is 0 Å². The standard InChI is InChI=1S/C53H64N11O7S/c1-32-40-29-56-52(60-48(40)64(37-12-10-11-13-37)50(70)45(32)34(3)65)58-42-21-20-38(28-54-42)61-22-24-62(25-23-61)44(68)15-9-7-8-14-43(67)59-47(53(4,5)6)51(71)63-30-39(66)26-41(63)49(69)55-27-35-16-18-36(19-17-35)46-33(2)57-31-72-46/h16-21,28-29,31,37,66H,7-15,22-27,30H2,1-6H3,(H,55,69)(H,59,67)(H,54,56,58,60). The van der Waals surface area contributed by atoms with Crippen molar-refractivity contribution in [2.24, 2.45) is 5.41 Å². The first-order valence-corrected chi connectivity index (χ1v) is 25.7. The summed E-state index contributed by atoms with van der Waals surface area (Å²) in [5.41, 5.74) is 5.79. The summed E-state index contributed by atoms with van der Waals surface area (Å²) in [6.07, 6.45) is 9.38. The Morgan fingerprint density at radius 3 is 2.25 bits per heavy atom. The van der Waals surface area contributed by atoms with E-state index < -0.39 is 17.2 Å². The first-order valence-electron chi connectivity index (χ1n) is 24.8. The lowest BCUT2D eigenvalue weighted by molar-refractivity contribution is -0.136. The molecular weight excluding hydrogens is 935 g/mol. The number of Topliss-reactive ketones (excluding diaryl/α,β-unsaturated/α-hetero) is 1. The fourth-order valence-electron chi connectivity index (χ4n) is 9.74. The maximum Gasteiger partial charge on any atom is 0.263 e. The number of benzene rings is 1. The third-order valence-electron chi connectivity index (χ3n) is 13.7. The van der Waals surface area contributed by atoms with Crippen molar-refractivity contribution in [3.8, 4) is 10.4 Å². The number of ketones is 1. The zero-order valence-corrected chi connectivity index (χ0v) is 42.8. The molecule has 4 aromatic heterocycles. The summed E-state index contributed by atoms with van der Waals surface area (Å²) in [6, 6.07) is 11.8. The van der Waals surface area contributed by atoms with Gasteiger partial charge in [0.1, 0.15) is 17.6 Å². The molecule has 19 heteroatoms. The molecule has 0 bridgehead atoms. The smallest absolute Gasteiger partial charge is 0.263 e. The van der Waals surface area contributed by atoms with Crippen LogP contribution in [0.3, 0.4) is 0 Å². The van der Waals surface area contributed by atoms with Crippen molar-refractivity contribution < 1.29 is 29.1 Å². The van der Waals surface area contributed by atoms with Crippen LogP contribution >= 0.6 is 11.3 Å². The van der Waals surface area contributed by atoms with Crippen LogP contribution in [-0.2, 0) is 25.7 Å². The molecule has 1 aliphatic carbocycles. The van der Waals surface area contributed by atoms with Gasteiger partial charge in [-0.2, -0.15) is 4.98 Å². The summed E-state index contributed by atoms with van der Waals surface area (Å²) in [4.78, 5) is 105. The number of unbranched alkanes of at least 4 members (excludes halogenated alkanes) is 2. The third kappa shape index (κ3) is 11.8. The van der Waals surface area contributed by atoms with E-state index in [9.17, 15) is 33.9 Å². The highest BCUT2D eigenvalue weighted by Gasteiger charge is 2.46. The second-order valence-corrected chi connectivity index (χ2v) is 20.8. The van der Waals surface area contributed by atoms with Gasteiger partial charge in [0, 0.05) is 69.6 Å². The summed E-state index contributed by atoms with van der Waals surface area (Å²) in [7, 11) is 0. The van der Waals surface area contributed by atoms with E-state index in [0.717, 1.165) is 53.1 Å². The van der Waals surface area contributed by atoms with Crippen LogP contribution < -0.4 is 26.4 Å². The van der Waals surface area contributed by atoms with Gasteiger partial charge < -0.3 is 35.8 Å². The van der Waals surface area contributed by atoms with Gasteiger partial charge >= 0.3 is 0 Å². The van der Waals surface area contributed by atoms with Crippen molar-refractivity contribution in [2.75, 3.05) is 42.9 Å². The summed E-state index contributed by atoms with van der Waals surface area (Å²) < 4.78 is 1.69. The molecule has 18 nitrogen and oxygen atoms in total. The number of amides is 4. The van der Waals surface area contributed by atoms with Gasteiger partial charge in [0.05, 0.1) is 40.1 Å². The van der Waals surface area contributed by atoms with Crippen molar-refractivity contribution in [2.45, 2.75) is 118 Å². The van der Waals surface area contributed by atoms with Gasteiger partial charge in [0.2, 0.25) is 23.7 Å². The summed E-state index contributed by atoms with van der Waals surface area (Å²) >= 11 is 1.57. The van der Waals surface area contributed by atoms with Crippen LogP contribution in [-0.4, -0.2) is 102 Å². The molecule has 8 rings (SSSR count). The summed E-state index contributed by atoms with van der Waals surface area (Å²) in [5.74, 6) is -0.732. The number of aliphatic hydroxyl groups is 1. The number of anilines is 3. The Hall–Kier alpha value is -6.60. The lowest BCUT2D eigenvalue weighted by Crippen LogP contribution is -2.50. The van der Waals surface area contributed by atoms with E-state index in [0.29, 0.717) is 80.2 Å². The molecule has 3 aliphatic rings. The molecule has 3 radical (unpaired) electrons. The number of rotatable bonds is 17. The van der Waals surface area contributed by atoms with Crippen molar-refractivity contribution in [1.29, 1.82) is 0 Å². The van der Waals surface area contributed by atoms with E-state index >= 15 is 0 Å². The molecule has 4 amide bonds. The Balaban J connectivity index is 0.761. The van der Waals surface area contributed by atoms with Gasteiger partial charge in [-0.15, -0.1) is 11.3 Å². The highest BCUT2D eigenvalue weighted by atomic mass is 32.1. The monoisotopic (exact) mass is 998 g/mol. The average Bonchev–Trinajstić information content (AvgIpc) is 4.14. The van der Waals surface area contributed by atoms with Crippen LogP contribution in [0.25, 0.3) is 21.5 Å². The van der Waals surface area contributed by atoms with E-state index in [4.69, 9.17) is 4.98 Å². The van der Waals surface area contributed by atoms with Crippen LogP contribution in [0.4, 0.5) is 17.5 Å². The number of piperazine rings is 1. The average molecular weight is 999 g/mol. The van der Waals surface area contributed by atoms with Crippen LogP contribution in [0.15, 0.2) is 59.1 Å². The molecule has 1 aromatic carbocycles. The number of nitrogens with zero attached hydrogens (tertiary/aromatic N) is 8. The number of aromatic nitrogens is 5. The quantitative estimate of drug-likeness (QED) is 0.0532. The molecular formula is C53H64N11O7S. The molecule has 5 aromatic rings. The maximum atomic E-state index is 14.0. The Labute approximate surface area is 424 Å². The second-order valence-electron chi connectivity index (χ2n) is 20.0. The molecule has 0 unspecified atom stereocenters. The number of pyridine rings is 2. The Morgan fingerprint density at radius 2 is 1.60 bits per heavy atom. The normalized spacial score (nSPS) is 16.0. The first-order chi connectivity index (χ1) is 34.5. The molecule has 2 aliphatic heterocycles. The van der Waals surface area contributed by atoms with E-state index in [1.54, 1.807) is 40.7 Å². The number of hydrogen-bond donors (Lipinski definition) is 4. The van der Waals surface area contributed by atoms with E-state index in [1.165, 1.54) is 11.8 Å². The number of hydrogen-bond acceptors (Lipinski definition) is 14. The molecule has 6 heterocycles. The number of fused-ring (bicyclic) bond motifs is 1. The molecule has 3 fully saturated rings. The van der Waals surface area contributed by atoms with Crippen LogP contribution in [0.5, 0.6) is 0 Å². The van der Waals surface area contributed by atoms with E-state index in [1.807, 2.05) is 69.0 Å². The topological polar surface area (TPSA) is 225 Å². The van der Waals surface area contributed by atoms with E-state index in [2.05, 4.69) is 35.8 Å². The SMILES string of the molecule is CC(=O)c1c(C)c2cnc(Nc3ccc(N4CCN(C(=O)CCCCCC(=O)N[C](C(=O)N5C[C](O)C[C]5C(=O)NCc5ccc(-c6scnc6C)cc5)C(C)(C)C)CC4)cn3)nc2n(C2CCCC2)c1=O. The number of nitrogens with one attached hydrogen (secondary N) is 3. The molecule has 1 saturated carbocycles. The lowest BCUT2D eigenvalue weighted by Gasteiger charge is -2.36. The highest BCUT2D eigenvalue weighted by Crippen LogP contribution is 2.36. The van der Waals surface area contributed by atoms with Crippen LogP contribution in [0, 0.1) is 37.5 Å². The molecule has 0 atom stereocenters. The van der Waals surface area contributed by atoms with Crippen LogP contribution in [0.2, 0.25) is 0 Å². The lowest BCUT2D eigenvalue weighted by atomic mass is 9.85. The van der Waals surface area contributed by atoms with Gasteiger partial charge in [-0.3, -0.25) is 33.3 Å². The van der Waals surface area contributed by atoms with Gasteiger partial charge in [-0.1, -0.05) is 64.3 Å². The Morgan fingerprint density at radius 1 is 0.875 bits per heavy atom. The van der Waals surface area contributed by atoms with Gasteiger partial charge in [0.25, 0.3) is 11.5 Å². The number of aryl methyl sites for hydroxylation is 2. The summed E-state index contributed by atoms with van der Waals surface area (Å²) in [5, 5.41) is 20.1. The number of likely N-dealkylation sites (tertiary alicyclic amines) is 1. The minimum Gasteiger partial charge on any atom is -0.385 e. The van der Waals surface area contributed by atoms with Gasteiger partial charge in [-0.05, 0) is 80.7 Å². The van der Waals surface area contributed by atoms with Crippen molar-refractivity contribution in [1.82, 2.24) is 44.9 Å². The first kappa shape index (κ1) is 51.7. The van der Waals surface area contributed by atoms with Crippen molar-refractivity contribution in [3.05, 3.63) is 105 Å². The summed E-state index contributed by atoms with van der Waals surface area (Å²) in [6.45, 7) is 13.1. The fraction of sp³-hybridized carbons (Fsp3) is 0.453. The number of carbonyl (C=O) groups is 5. The van der Waals surface area contributed by atoms with Crippen molar-refractivity contribution >= 4 is 69.2 Å². The zero-order valence-electron chi connectivity index (χ0n) is 42.0. The number of thiazole rings is 1. The number of aliphatic hydroxyl groups excluding tert-OH is 1. The largest absolute Gasteiger partial charge is 0.385 e. The fourth-order valence-corrected chi connectivity index (χ4v) is 10.5. The molecule has 0 spiro atoms. The van der Waals surface area contributed by atoms with E-state index in [-0.39, 0.29) is 78.9 Å². The Kier molecular flexibility index (Phi) is 16.1. The molecule has 2 saturated heterocycles. The molecule has 379 valence electrons. The predicted octanol–water partition coefficient (Wildman–Crippen LogP) is 7.27. The predicted molar refractivity (Wildman–Crippen MR) is 275 cm³/mol. The second kappa shape index (κ2) is 22.4. The number of carbonyl (C=O) groups excluding carboxylic acids is 5. The molecule has 72 heavy (non-hydrogen) atoms. The minimum absolute atomic E-state index is 0.0167. The highest BCUT2D eigenvalue weighted by molar-refractivity contribution is 7.13. The van der Waals surface area contributed by atoms with Gasteiger partial charge in [-0.25, -0.2) is 15.0 Å². The third-order valence-corrected chi connectivity index (χ3v) is 14.7. The minimum atomic E-state index is -0.778.